The zero-order chi connectivity index (χ0) is 12.4. The first-order valence-corrected chi connectivity index (χ1v) is 7.03. The number of hydrogen-bond acceptors (Lipinski definition) is 4. The third kappa shape index (κ3) is 3.45. The molecule has 0 aliphatic carbocycles. The molecule has 5 nitrogen and oxygen atoms in total. The molecule has 0 radical (unpaired) electrons. The van der Waals surface area contributed by atoms with Crippen molar-refractivity contribution in [2.45, 2.75) is 38.5 Å². The van der Waals surface area contributed by atoms with E-state index in [4.69, 9.17) is 11.6 Å². The van der Waals surface area contributed by atoms with Gasteiger partial charge in [0, 0.05) is 6.54 Å². The van der Waals surface area contributed by atoms with Crippen LogP contribution in [0.3, 0.4) is 0 Å². The van der Waals surface area contributed by atoms with Crippen molar-refractivity contribution in [1.29, 1.82) is 0 Å². The van der Waals surface area contributed by atoms with Crippen molar-refractivity contribution < 1.29 is 8.42 Å². The lowest BCUT2D eigenvalue weighted by Crippen LogP contribution is -2.30. The number of nitrogens with zero attached hydrogens (tertiary/aromatic N) is 3. The van der Waals surface area contributed by atoms with Crippen LogP contribution in [-0.2, 0) is 16.4 Å². The largest absolute Gasteiger partial charge is 0.251 e. The summed E-state index contributed by atoms with van der Waals surface area (Å²) in [6.45, 7) is 5.62. The Hall–Kier alpha value is -0.620. The van der Waals surface area contributed by atoms with Gasteiger partial charge in [0.05, 0.1) is 10.5 Å². The molecule has 0 aliphatic rings. The average molecular weight is 266 g/mol. The molecule has 1 aromatic heterocycles. The summed E-state index contributed by atoms with van der Waals surface area (Å²) in [4.78, 5) is 3.75. The minimum atomic E-state index is -3.06. The molecule has 0 saturated heterocycles. The van der Waals surface area contributed by atoms with Gasteiger partial charge in [0.25, 0.3) is 0 Å². The van der Waals surface area contributed by atoms with Crippen LogP contribution in [0.1, 0.15) is 27.2 Å². The number of sulfone groups is 1. The Morgan fingerprint density at radius 2 is 2.06 bits per heavy atom. The van der Waals surface area contributed by atoms with E-state index in [0.29, 0.717) is 13.0 Å². The molecule has 0 unspecified atom stereocenters. The number of rotatable bonds is 4. The highest BCUT2D eigenvalue weighted by molar-refractivity contribution is 7.92. The number of aromatic nitrogens is 3. The molecule has 0 N–H and O–H groups in total. The summed E-state index contributed by atoms with van der Waals surface area (Å²) in [6, 6.07) is 0. The predicted molar refractivity (Wildman–Crippen MR) is 63.2 cm³/mol. The maximum Gasteiger partial charge on any atom is 0.242 e. The molecule has 1 aromatic rings. The highest BCUT2D eigenvalue weighted by Gasteiger charge is 2.28. The van der Waals surface area contributed by atoms with E-state index in [9.17, 15) is 8.42 Å². The Balaban J connectivity index is 2.48. The highest BCUT2D eigenvalue weighted by Crippen LogP contribution is 2.16. The summed E-state index contributed by atoms with van der Waals surface area (Å²) in [5, 5.41) is 4.05. The van der Waals surface area contributed by atoms with E-state index in [1.54, 1.807) is 25.5 Å². The molecular weight excluding hydrogens is 250 g/mol. The van der Waals surface area contributed by atoms with Crippen molar-refractivity contribution in [1.82, 2.24) is 14.8 Å². The second-order valence-corrected chi connectivity index (χ2v) is 7.76. The summed E-state index contributed by atoms with van der Waals surface area (Å²) in [5.41, 5.74) is 0. The van der Waals surface area contributed by atoms with E-state index in [0.717, 1.165) is 0 Å². The van der Waals surface area contributed by atoms with Crippen LogP contribution in [0.15, 0.2) is 6.33 Å². The first kappa shape index (κ1) is 13.4. The van der Waals surface area contributed by atoms with Gasteiger partial charge in [-0.05, 0) is 38.8 Å². The van der Waals surface area contributed by atoms with E-state index in [1.807, 2.05) is 0 Å². The molecule has 0 atom stereocenters. The maximum atomic E-state index is 11.8. The molecule has 0 aromatic carbocycles. The minimum absolute atomic E-state index is 0.147. The van der Waals surface area contributed by atoms with E-state index >= 15 is 0 Å². The second kappa shape index (κ2) is 4.71. The van der Waals surface area contributed by atoms with Gasteiger partial charge in [-0.25, -0.2) is 13.4 Å². The molecule has 0 saturated carbocycles. The number of aryl methyl sites for hydroxylation is 1. The minimum Gasteiger partial charge on any atom is -0.251 e. The van der Waals surface area contributed by atoms with Crippen LogP contribution < -0.4 is 0 Å². The van der Waals surface area contributed by atoms with Crippen molar-refractivity contribution in [2.24, 2.45) is 0 Å². The monoisotopic (exact) mass is 265 g/mol. The van der Waals surface area contributed by atoms with Gasteiger partial charge in [0.2, 0.25) is 5.28 Å². The fourth-order valence-corrected chi connectivity index (χ4v) is 2.36. The lowest BCUT2D eigenvalue weighted by molar-refractivity contribution is 0.545. The Kier molecular flexibility index (Phi) is 3.96. The van der Waals surface area contributed by atoms with Crippen LogP contribution >= 0.6 is 11.6 Å². The van der Waals surface area contributed by atoms with E-state index in [2.05, 4.69) is 10.1 Å². The standard InChI is InChI=1S/C9H16ClN3O2S/c1-9(2,3)16(14,15)6-4-5-13-7-11-8(10)12-13/h7H,4-6H2,1-3H3. The van der Waals surface area contributed by atoms with Gasteiger partial charge >= 0.3 is 0 Å². The normalized spacial score (nSPS) is 13.0. The van der Waals surface area contributed by atoms with Crippen molar-refractivity contribution in [3.8, 4) is 0 Å². The molecule has 0 bridgehead atoms. The van der Waals surface area contributed by atoms with E-state index in [-0.39, 0.29) is 11.0 Å². The van der Waals surface area contributed by atoms with Crippen LogP contribution in [-0.4, -0.2) is 33.7 Å². The summed E-state index contributed by atoms with van der Waals surface area (Å²) in [7, 11) is -3.06. The number of hydrogen-bond donors (Lipinski definition) is 0. The quantitative estimate of drug-likeness (QED) is 0.828. The molecule has 16 heavy (non-hydrogen) atoms. The lowest BCUT2D eigenvalue weighted by atomic mass is 10.3. The smallest absolute Gasteiger partial charge is 0.242 e. The van der Waals surface area contributed by atoms with Crippen molar-refractivity contribution >= 4 is 21.4 Å². The van der Waals surface area contributed by atoms with Crippen LogP contribution in [0.4, 0.5) is 0 Å². The van der Waals surface area contributed by atoms with E-state index < -0.39 is 14.6 Å². The fourth-order valence-electron chi connectivity index (χ4n) is 1.10. The first-order chi connectivity index (χ1) is 7.22. The maximum absolute atomic E-state index is 11.8. The van der Waals surface area contributed by atoms with Gasteiger partial charge in [-0.1, -0.05) is 0 Å². The lowest BCUT2D eigenvalue weighted by Gasteiger charge is -2.18. The van der Waals surface area contributed by atoms with Crippen LogP contribution in [0.5, 0.6) is 0 Å². The molecular formula is C9H16ClN3O2S. The third-order valence-electron chi connectivity index (χ3n) is 2.24. The van der Waals surface area contributed by atoms with Gasteiger partial charge < -0.3 is 0 Å². The van der Waals surface area contributed by atoms with Crippen molar-refractivity contribution in [3.05, 3.63) is 11.6 Å². The Morgan fingerprint density at radius 1 is 1.44 bits per heavy atom. The third-order valence-corrected chi connectivity index (χ3v) is 5.11. The SMILES string of the molecule is CC(C)(C)S(=O)(=O)CCCn1cnc(Cl)n1. The fraction of sp³-hybridized carbons (Fsp3) is 0.778. The molecule has 0 aliphatic heterocycles. The molecule has 0 fully saturated rings. The van der Waals surface area contributed by atoms with Gasteiger partial charge in [-0.15, -0.1) is 5.10 Å². The van der Waals surface area contributed by atoms with Crippen LogP contribution in [0.2, 0.25) is 5.28 Å². The van der Waals surface area contributed by atoms with Gasteiger partial charge in [-0.3, -0.25) is 4.68 Å². The Morgan fingerprint density at radius 3 is 2.50 bits per heavy atom. The van der Waals surface area contributed by atoms with Gasteiger partial charge in [0.1, 0.15) is 6.33 Å². The molecule has 92 valence electrons. The first-order valence-electron chi connectivity index (χ1n) is 4.99. The Bertz CT molecular complexity index is 448. The summed E-state index contributed by atoms with van der Waals surface area (Å²) in [6.07, 6.45) is 2.01. The predicted octanol–water partition coefficient (Wildman–Crippen LogP) is 1.53. The van der Waals surface area contributed by atoms with Gasteiger partial charge in [0.15, 0.2) is 9.84 Å². The summed E-state index contributed by atoms with van der Waals surface area (Å²) < 4.78 is 24.4. The summed E-state index contributed by atoms with van der Waals surface area (Å²) >= 11 is 5.54. The van der Waals surface area contributed by atoms with Crippen molar-refractivity contribution in [2.75, 3.05) is 5.75 Å². The second-order valence-electron chi connectivity index (χ2n) is 4.56. The topological polar surface area (TPSA) is 64.8 Å². The molecule has 0 spiro atoms. The zero-order valence-electron chi connectivity index (χ0n) is 9.64. The van der Waals surface area contributed by atoms with E-state index in [1.165, 1.54) is 6.33 Å². The molecule has 1 heterocycles. The highest BCUT2D eigenvalue weighted by atomic mass is 35.5. The average Bonchev–Trinajstić information content (AvgIpc) is 2.49. The molecule has 1 rings (SSSR count). The molecule has 7 heteroatoms. The number of halogens is 1. The zero-order valence-corrected chi connectivity index (χ0v) is 11.2. The molecule has 0 amide bonds. The van der Waals surface area contributed by atoms with Crippen LogP contribution in [0.25, 0.3) is 0 Å². The van der Waals surface area contributed by atoms with Gasteiger partial charge in [-0.2, -0.15) is 0 Å². The summed E-state index contributed by atoms with van der Waals surface area (Å²) in [5.74, 6) is 0.147. The Labute approximate surface area is 101 Å². The van der Waals surface area contributed by atoms with Crippen molar-refractivity contribution in [3.63, 3.8) is 0 Å². The van der Waals surface area contributed by atoms with Crippen LogP contribution in [0, 0.1) is 0 Å².